The zero-order valence-electron chi connectivity index (χ0n) is 8.28. The first-order chi connectivity index (χ1) is 6.79. The van der Waals surface area contributed by atoms with E-state index in [1.807, 2.05) is 0 Å². The Bertz CT molecular complexity index is 223. The lowest BCUT2D eigenvalue weighted by Crippen LogP contribution is -2.29. The lowest BCUT2D eigenvalue weighted by molar-refractivity contribution is -0.151. The summed E-state index contributed by atoms with van der Waals surface area (Å²) in [6, 6.07) is 0. The van der Waals surface area contributed by atoms with Crippen LogP contribution < -0.4 is 0 Å². The van der Waals surface area contributed by atoms with Crippen LogP contribution in [-0.4, -0.2) is 18.9 Å². The minimum atomic E-state index is -0.248. The van der Waals surface area contributed by atoms with E-state index in [1.54, 1.807) is 0 Å². The van der Waals surface area contributed by atoms with Crippen molar-refractivity contribution in [2.24, 2.45) is 11.8 Å². The molecular weight excluding hydrogens is 180 g/mol. The van der Waals surface area contributed by atoms with Crippen molar-refractivity contribution >= 4 is 12.3 Å². The number of esters is 1. The van der Waals surface area contributed by atoms with Crippen LogP contribution in [0, 0.1) is 11.8 Å². The molecule has 3 heteroatoms. The maximum atomic E-state index is 11.5. The highest BCUT2D eigenvalue weighted by Gasteiger charge is 2.31. The number of hydrogen-bond acceptors (Lipinski definition) is 3. The standard InChI is InChI=1S/C11H16O3/c1-2-7-14-11(13)10-6-4-3-5-9(10)8-12/h2,8-10H,1,3-7H2/t9-,10-/m0/s1. The molecule has 0 aromatic heterocycles. The summed E-state index contributed by atoms with van der Waals surface area (Å²) >= 11 is 0. The average molecular weight is 196 g/mol. The molecule has 0 aromatic carbocycles. The molecule has 3 nitrogen and oxygen atoms in total. The Morgan fingerprint density at radius 1 is 1.43 bits per heavy atom. The fourth-order valence-electron chi connectivity index (χ4n) is 1.86. The van der Waals surface area contributed by atoms with E-state index in [2.05, 4.69) is 6.58 Å². The van der Waals surface area contributed by atoms with E-state index >= 15 is 0 Å². The summed E-state index contributed by atoms with van der Waals surface area (Å²) < 4.78 is 4.95. The second-order valence-electron chi connectivity index (χ2n) is 3.61. The summed E-state index contributed by atoms with van der Waals surface area (Å²) in [6.45, 7) is 3.71. The maximum Gasteiger partial charge on any atom is 0.309 e. The molecule has 0 bridgehead atoms. The largest absolute Gasteiger partial charge is 0.461 e. The molecule has 1 aliphatic rings. The quantitative estimate of drug-likeness (QED) is 0.390. The number of ether oxygens (including phenoxy) is 1. The molecular formula is C11H16O3. The molecule has 0 radical (unpaired) electrons. The highest BCUT2D eigenvalue weighted by Crippen LogP contribution is 2.29. The molecule has 14 heavy (non-hydrogen) atoms. The van der Waals surface area contributed by atoms with Gasteiger partial charge < -0.3 is 9.53 Å². The van der Waals surface area contributed by atoms with Gasteiger partial charge in [0.2, 0.25) is 0 Å². The van der Waals surface area contributed by atoms with Gasteiger partial charge in [-0.2, -0.15) is 0 Å². The number of aldehydes is 1. The Morgan fingerprint density at radius 3 is 2.79 bits per heavy atom. The van der Waals surface area contributed by atoms with Crippen LogP contribution in [0.4, 0.5) is 0 Å². The first-order valence-corrected chi connectivity index (χ1v) is 5.02. The Labute approximate surface area is 84.1 Å². The SMILES string of the molecule is C=CCOC(=O)[C@H]1CCCC[C@H]1C=O. The summed E-state index contributed by atoms with van der Waals surface area (Å²) in [6.07, 6.45) is 6.07. The van der Waals surface area contributed by atoms with Crippen molar-refractivity contribution in [2.75, 3.05) is 6.61 Å². The topological polar surface area (TPSA) is 43.4 Å². The summed E-state index contributed by atoms with van der Waals surface area (Å²) in [7, 11) is 0. The summed E-state index contributed by atoms with van der Waals surface area (Å²) in [5, 5.41) is 0. The molecule has 1 rings (SSSR count). The molecule has 0 amide bonds. The Balaban J connectivity index is 2.49. The van der Waals surface area contributed by atoms with Crippen molar-refractivity contribution in [1.29, 1.82) is 0 Å². The van der Waals surface area contributed by atoms with Crippen LogP contribution in [0.5, 0.6) is 0 Å². The van der Waals surface area contributed by atoms with E-state index < -0.39 is 0 Å². The molecule has 2 atom stereocenters. The normalized spacial score (nSPS) is 26.6. The predicted octanol–water partition coefficient (Wildman–Crippen LogP) is 1.72. The summed E-state index contributed by atoms with van der Waals surface area (Å²) in [5.74, 6) is -0.607. The second kappa shape index (κ2) is 5.58. The number of rotatable bonds is 4. The van der Waals surface area contributed by atoms with Crippen molar-refractivity contribution < 1.29 is 14.3 Å². The molecule has 0 N–H and O–H groups in total. The highest BCUT2D eigenvalue weighted by atomic mass is 16.5. The van der Waals surface area contributed by atoms with Crippen LogP contribution in [-0.2, 0) is 14.3 Å². The van der Waals surface area contributed by atoms with Gasteiger partial charge >= 0.3 is 5.97 Å². The zero-order valence-corrected chi connectivity index (χ0v) is 8.28. The van der Waals surface area contributed by atoms with Crippen molar-refractivity contribution in [2.45, 2.75) is 25.7 Å². The third-order valence-corrected chi connectivity index (χ3v) is 2.64. The molecule has 0 saturated heterocycles. The van der Waals surface area contributed by atoms with Gasteiger partial charge in [0.05, 0.1) is 5.92 Å². The number of carbonyl (C=O) groups excluding carboxylic acids is 2. The summed E-state index contributed by atoms with van der Waals surface area (Å²) in [5.41, 5.74) is 0. The molecule has 1 saturated carbocycles. The Kier molecular flexibility index (Phi) is 4.36. The Morgan fingerprint density at radius 2 is 2.14 bits per heavy atom. The Hall–Kier alpha value is -1.12. The predicted molar refractivity (Wildman–Crippen MR) is 52.7 cm³/mol. The third kappa shape index (κ3) is 2.69. The zero-order chi connectivity index (χ0) is 10.4. The van der Waals surface area contributed by atoms with Gasteiger partial charge in [0.25, 0.3) is 0 Å². The first-order valence-electron chi connectivity index (χ1n) is 5.02. The minimum Gasteiger partial charge on any atom is -0.461 e. The molecule has 0 unspecified atom stereocenters. The molecule has 0 heterocycles. The number of hydrogen-bond donors (Lipinski definition) is 0. The van der Waals surface area contributed by atoms with E-state index in [9.17, 15) is 9.59 Å². The van der Waals surface area contributed by atoms with Gasteiger partial charge in [0.1, 0.15) is 12.9 Å². The fourth-order valence-corrected chi connectivity index (χ4v) is 1.86. The van der Waals surface area contributed by atoms with Crippen LogP contribution in [0.25, 0.3) is 0 Å². The lowest BCUT2D eigenvalue weighted by Gasteiger charge is -2.25. The van der Waals surface area contributed by atoms with Crippen molar-refractivity contribution in [3.8, 4) is 0 Å². The fraction of sp³-hybridized carbons (Fsp3) is 0.636. The molecule has 0 spiro atoms. The van der Waals surface area contributed by atoms with Gasteiger partial charge in [-0.15, -0.1) is 0 Å². The monoisotopic (exact) mass is 196 g/mol. The number of carbonyl (C=O) groups is 2. The highest BCUT2D eigenvalue weighted by molar-refractivity contribution is 5.77. The third-order valence-electron chi connectivity index (χ3n) is 2.64. The van der Waals surface area contributed by atoms with E-state index in [1.165, 1.54) is 6.08 Å². The van der Waals surface area contributed by atoms with Gasteiger partial charge in [-0.05, 0) is 12.8 Å². The maximum absolute atomic E-state index is 11.5. The van der Waals surface area contributed by atoms with Gasteiger partial charge in [0, 0.05) is 5.92 Å². The van der Waals surface area contributed by atoms with Crippen molar-refractivity contribution in [3.63, 3.8) is 0 Å². The van der Waals surface area contributed by atoms with Crippen LogP contribution in [0.2, 0.25) is 0 Å². The summed E-state index contributed by atoms with van der Waals surface area (Å²) in [4.78, 5) is 22.2. The van der Waals surface area contributed by atoms with E-state index in [0.29, 0.717) is 0 Å². The second-order valence-corrected chi connectivity index (χ2v) is 3.61. The molecule has 1 fully saturated rings. The van der Waals surface area contributed by atoms with E-state index in [-0.39, 0.29) is 24.4 Å². The van der Waals surface area contributed by atoms with Crippen molar-refractivity contribution in [1.82, 2.24) is 0 Å². The first kappa shape index (κ1) is 11.0. The molecule has 78 valence electrons. The van der Waals surface area contributed by atoms with Crippen LogP contribution in [0.15, 0.2) is 12.7 Å². The van der Waals surface area contributed by atoms with Crippen LogP contribution in [0.3, 0.4) is 0 Å². The van der Waals surface area contributed by atoms with Gasteiger partial charge in [-0.3, -0.25) is 4.79 Å². The van der Waals surface area contributed by atoms with Crippen LogP contribution in [0.1, 0.15) is 25.7 Å². The molecule has 0 aromatic rings. The van der Waals surface area contributed by atoms with E-state index in [4.69, 9.17) is 4.74 Å². The molecule has 0 aliphatic heterocycles. The van der Waals surface area contributed by atoms with Crippen molar-refractivity contribution in [3.05, 3.63) is 12.7 Å². The van der Waals surface area contributed by atoms with Gasteiger partial charge in [0.15, 0.2) is 0 Å². The van der Waals surface area contributed by atoms with E-state index in [0.717, 1.165) is 32.0 Å². The van der Waals surface area contributed by atoms with Crippen LogP contribution >= 0.6 is 0 Å². The lowest BCUT2D eigenvalue weighted by atomic mass is 9.80. The average Bonchev–Trinajstić information content (AvgIpc) is 2.25. The molecule has 1 aliphatic carbocycles. The smallest absolute Gasteiger partial charge is 0.309 e. The minimum absolute atomic E-state index is 0.138. The van der Waals surface area contributed by atoms with Gasteiger partial charge in [-0.1, -0.05) is 25.5 Å². The van der Waals surface area contributed by atoms with Gasteiger partial charge in [-0.25, -0.2) is 0 Å².